The molecular formula is C13H24. The number of hydrogen-bond acceptors (Lipinski definition) is 0. The summed E-state index contributed by atoms with van der Waals surface area (Å²) in [6, 6.07) is 0. The number of hydrogen-bond donors (Lipinski definition) is 0. The Balaban J connectivity index is 1.56. The maximum Gasteiger partial charge on any atom is -0.0360 e. The lowest BCUT2D eigenvalue weighted by Crippen LogP contribution is -1.93. The van der Waals surface area contributed by atoms with E-state index in [1.165, 1.54) is 6.42 Å². The van der Waals surface area contributed by atoms with Gasteiger partial charge in [-0.15, -0.1) is 0 Å². The van der Waals surface area contributed by atoms with Crippen molar-refractivity contribution >= 4 is 0 Å². The van der Waals surface area contributed by atoms with Crippen LogP contribution in [-0.4, -0.2) is 0 Å². The van der Waals surface area contributed by atoms with E-state index < -0.39 is 0 Å². The summed E-state index contributed by atoms with van der Waals surface area (Å²) >= 11 is 0. The van der Waals surface area contributed by atoms with Crippen molar-refractivity contribution in [2.45, 2.75) is 52.9 Å². The molecule has 2 rings (SSSR count). The fourth-order valence-electron chi connectivity index (χ4n) is 3.01. The Morgan fingerprint density at radius 1 is 1.00 bits per heavy atom. The molecule has 2 fully saturated rings. The second-order valence-electron chi connectivity index (χ2n) is 5.65. The molecule has 0 saturated heterocycles. The van der Waals surface area contributed by atoms with Gasteiger partial charge in [-0.05, 0) is 55.3 Å². The van der Waals surface area contributed by atoms with Crippen LogP contribution in [0.5, 0.6) is 0 Å². The summed E-state index contributed by atoms with van der Waals surface area (Å²) in [4.78, 5) is 0. The molecule has 76 valence electrons. The molecule has 0 spiro atoms. The van der Waals surface area contributed by atoms with Crippen molar-refractivity contribution in [2.24, 2.45) is 29.6 Å². The van der Waals surface area contributed by atoms with Crippen LogP contribution < -0.4 is 0 Å². The maximum atomic E-state index is 2.39. The van der Waals surface area contributed by atoms with E-state index in [0.717, 1.165) is 29.6 Å². The summed E-state index contributed by atoms with van der Waals surface area (Å²) in [5.41, 5.74) is 0. The Labute approximate surface area is 83.1 Å². The molecule has 0 heterocycles. The summed E-state index contributed by atoms with van der Waals surface area (Å²) in [5, 5.41) is 0. The third-order valence-electron chi connectivity index (χ3n) is 4.34. The first-order chi connectivity index (χ1) is 6.22. The average Bonchev–Trinajstić information content (AvgIpc) is 2.97. The van der Waals surface area contributed by atoms with Crippen LogP contribution in [0.15, 0.2) is 0 Å². The summed E-state index contributed by atoms with van der Waals surface area (Å²) in [5.74, 6) is 5.43. The predicted octanol–water partition coefficient (Wildman–Crippen LogP) is 4.10. The molecule has 13 heavy (non-hydrogen) atoms. The second-order valence-corrected chi connectivity index (χ2v) is 5.65. The van der Waals surface area contributed by atoms with E-state index >= 15 is 0 Å². The quantitative estimate of drug-likeness (QED) is 0.597. The van der Waals surface area contributed by atoms with Crippen LogP contribution in [0, 0.1) is 29.6 Å². The first kappa shape index (κ1) is 9.55. The van der Waals surface area contributed by atoms with E-state index in [4.69, 9.17) is 0 Å². The first-order valence-corrected chi connectivity index (χ1v) is 6.22. The van der Waals surface area contributed by atoms with Crippen molar-refractivity contribution < 1.29 is 0 Å². The van der Waals surface area contributed by atoms with Gasteiger partial charge in [0.1, 0.15) is 0 Å². The monoisotopic (exact) mass is 180 g/mol. The van der Waals surface area contributed by atoms with Crippen molar-refractivity contribution in [3.05, 3.63) is 0 Å². The Morgan fingerprint density at radius 3 is 2.15 bits per heavy atom. The van der Waals surface area contributed by atoms with Gasteiger partial charge in [0.2, 0.25) is 0 Å². The minimum Gasteiger partial charge on any atom is -0.0651 e. The van der Waals surface area contributed by atoms with E-state index in [1.54, 1.807) is 25.7 Å². The highest BCUT2D eigenvalue weighted by Gasteiger charge is 2.41. The highest BCUT2D eigenvalue weighted by atomic mass is 14.5. The Kier molecular flexibility index (Phi) is 2.67. The Hall–Kier alpha value is 0. The molecule has 0 radical (unpaired) electrons. The zero-order valence-corrected chi connectivity index (χ0v) is 9.42. The van der Waals surface area contributed by atoms with Gasteiger partial charge in [0.05, 0.1) is 0 Å². The van der Waals surface area contributed by atoms with Gasteiger partial charge in [-0.25, -0.2) is 0 Å². The van der Waals surface area contributed by atoms with Gasteiger partial charge in [0.15, 0.2) is 0 Å². The molecule has 2 aliphatic carbocycles. The molecule has 2 aliphatic rings. The fourth-order valence-corrected chi connectivity index (χ4v) is 3.01. The van der Waals surface area contributed by atoms with Crippen LogP contribution in [0.1, 0.15) is 52.9 Å². The molecule has 0 heteroatoms. The zero-order valence-electron chi connectivity index (χ0n) is 9.42. The third kappa shape index (κ3) is 2.27. The van der Waals surface area contributed by atoms with Crippen molar-refractivity contribution in [1.82, 2.24) is 0 Å². The molecule has 0 aliphatic heterocycles. The molecule has 0 nitrogen and oxygen atoms in total. The molecule has 0 bridgehead atoms. The molecule has 4 atom stereocenters. The van der Waals surface area contributed by atoms with Crippen molar-refractivity contribution in [3.63, 3.8) is 0 Å². The van der Waals surface area contributed by atoms with Crippen LogP contribution >= 0.6 is 0 Å². The van der Waals surface area contributed by atoms with Crippen molar-refractivity contribution in [3.8, 4) is 0 Å². The largest absolute Gasteiger partial charge is 0.0651 e. The van der Waals surface area contributed by atoms with Crippen LogP contribution in [0.4, 0.5) is 0 Å². The summed E-state index contributed by atoms with van der Waals surface area (Å²) < 4.78 is 0. The SMILES string of the molecule is CCC1CC1CCC1CC1C(C)C. The standard InChI is InChI=1S/C13H24/c1-4-10-7-11(10)5-6-12-8-13(12)9(2)3/h9-13H,4-8H2,1-3H3. The first-order valence-electron chi connectivity index (χ1n) is 6.22. The summed E-state index contributed by atoms with van der Waals surface area (Å²) in [6.45, 7) is 7.12. The van der Waals surface area contributed by atoms with E-state index in [9.17, 15) is 0 Å². The fraction of sp³-hybridized carbons (Fsp3) is 1.00. The molecule has 0 aromatic rings. The van der Waals surface area contributed by atoms with Crippen molar-refractivity contribution in [1.29, 1.82) is 0 Å². The van der Waals surface area contributed by atoms with Crippen LogP contribution in [0.3, 0.4) is 0 Å². The van der Waals surface area contributed by atoms with Crippen molar-refractivity contribution in [2.75, 3.05) is 0 Å². The molecule has 2 saturated carbocycles. The van der Waals surface area contributed by atoms with Gasteiger partial charge in [-0.3, -0.25) is 0 Å². The van der Waals surface area contributed by atoms with Crippen LogP contribution in [0.25, 0.3) is 0 Å². The van der Waals surface area contributed by atoms with E-state index in [-0.39, 0.29) is 0 Å². The lowest BCUT2D eigenvalue weighted by Gasteiger charge is -2.02. The van der Waals surface area contributed by atoms with E-state index in [2.05, 4.69) is 20.8 Å². The van der Waals surface area contributed by atoms with E-state index in [0.29, 0.717) is 0 Å². The number of rotatable bonds is 5. The highest BCUT2D eigenvalue weighted by Crippen LogP contribution is 2.51. The highest BCUT2D eigenvalue weighted by molar-refractivity contribution is 4.91. The molecule has 4 unspecified atom stereocenters. The smallest absolute Gasteiger partial charge is 0.0360 e. The van der Waals surface area contributed by atoms with Gasteiger partial charge < -0.3 is 0 Å². The third-order valence-corrected chi connectivity index (χ3v) is 4.34. The van der Waals surface area contributed by atoms with Gasteiger partial charge >= 0.3 is 0 Å². The van der Waals surface area contributed by atoms with Gasteiger partial charge in [-0.1, -0.05) is 27.2 Å². The Morgan fingerprint density at radius 2 is 1.69 bits per heavy atom. The van der Waals surface area contributed by atoms with Crippen LogP contribution in [-0.2, 0) is 0 Å². The second kappa shape index (κ2) is 3.63. The summed E-state index contributed by atoms with van der Waals surface area (Å²) in [6.07, 6.45) is 7.62. The molecule has 0 aromatic heterocycles. The molecule has 0 aromatic carbocycles. The average molecular weight is 180 g/mol. The lowest BCUT2D eigenvalue weighted by molar-refractivity contribution is 0.479. The Bertz CT molecular complexity index is 171. The molecule has 0 N–H and O–H groups in total. The predicted molar refractivity (Wildman–Crippen MR) is 57.6 cm³/mol. The van der Waals surface area contributed by atoms with Crippen LogP contribution in [0.2, 0.25) is 0 Å². The zero-order chi connectivity index (χ0) is 9.42. The van der Waals surface area contributed by atoms with Gasteiger partial charge in [-0.2, -0.15) is 0 Å². The maximum absolute atomic E-state index is 2.39. The lowest BCUT2D eigenvalue weighted by atomic mass is 10.0. The van der Waals surface area contributed by atoms with Gasteiger partial charge in [0, 0.05) is 0 Å². The summed E-state index contributed by atoms with van der Waals surface area (Å²) in [7, 11) is 0. The minimum absolute atomic E-state index is 0.950. The normalized spacial score (nSPS) is 42.5. The molecular weight excluding hydrogens is 156 g/mol. The minimum atomic E-state index is 0.950. The topological polar surface area (TPSA) is 0 Å². The van der Waals surface area contributed by atoms with E-state index in [1.807, 2.05) is 0 Å². The van der Waals surface area contributed by atoms with Gasteiger partial charge in [0.25, 0.3) is 0 Å². The molecule has 0 amide bonds.